The zero-order valence-corrected chi connectivity index (χ0v) is 22.6. The van der Waals surface area contributed by atoms with Crippen molar-refractivity contribution in [2.45, 2.75) is 0 Å². The molecular formula is C38H24N4. The number of para-hydroxylation sites is 3. The van der Waals surface area contributed by atoms with Gasteiger partial charge in [0.05, 0.1) is 39.0 Å². The van der Waals surface area contributed by atoms with Crippen molar-refractivity contribution in [2.24, 2.45) is 0 Å². The molecule has 9 rings (SSSR count). The topological polar surface area (TPSA) is 35.6 Å². The fourth-order valence-electron chi connectivity index (χ4n) is 6.61. The van der Waals surface area contributed by atoms with Gasteiger partial charge in [0.1, 0.15) is 0 Å². The molecule has 9 aromatic rings. The van der Waals surface area contributed by atoms with Crippen LogP contribution in [-0.2, 0) is 0 Å². The van der Waals surface area contributed by atoms with Crippen LogP contribution in [0.25, 0.3) is 77.1 Å². The Morgan fingerprint density at radius 1 is 0.452 bits per heavy atom. The van der Waals surface area contributed by atoms with E-state index in [1.54, 1.807) is 0 Å². The predicted molar refractivity (Wildman–Crippen MR) is 174 cm³/mol. The van der Waals surface area contributed by atoms with E-state index in [1.807, 2.05) is 18.5 Å². The summed E-state index contributed by atoms with van der Waals surface area (Å²) < 4.78 is 4.85. The van der Waals surface area contributed by atoms with Crippen LogP contribution >= 0.6 is 0 Å². The van der Waals surface area contributed by atoms with Crippen molar-refractivity contribution in [3.63, 3.8) is 0 Å². The second-order valence-electron chi connectivity index (χ2n) is 10.7. The van der Waals surface area contributed by atoms with Crippen molar-refractivity contribution < 1.29 is 0 Å². The molecule has 0 aliphatic heterocycles. The molecule has 0 saturated heterocycles. The summed E-state index contributed by atoms with van der Waals surface area (Å²) in [5.74, 6) is 0. The van der Waals surface area contributed by atoms with Crippen molar-refractivity contribution in [3.05, 3.63) is 146 Å². The Labute approximate surface area is 241 Å². The summed E-state index contributed by atoms with van der Waals surface area (Å²) >= 11 is 0. The standard InChI is InChI=1S/C38H24N4/c1-2-10-25(11-3-1)33-24-36(31-14-4-7-15-32(31)40-33)42-35-17-9-6-13-28(35)30-19-18-29-27-12-5-8-16-34(27)41(37(29)38(30)42)26-20-22-39-23-21-26/h1-24H. The van der Waals surface area contributed by atoms with Gasteiger partial charge in [-0.1, -0.05) is 97.1 Å². The number of pyridine rings is 2. The Bertz CT molecular complexity index is 2450. The number of aromatic nitrogens is 4. The van der Waals surface area contributed by atoms with Gasteiger partial charge in [0.25, 0.3) is 0 Å². The summed E-state index contributed by atoms with van der Waals surface area (Å²) in [5, 5.41) is 6.01. The van der Waals surface area contributed by atoms with Gasteiger partial charge in [-0.15, -0.1) is 0 Å². The molecule has 0 unspecified atom stereocenters. The molecule has 0 radical (unpaired) electrons. The Hall–Kier alpha value is -5.74. The molecule has 0 aliphatic rings. The maximum atomic E-state index is 5.11. The second-order valence-corrected chi connectivity index (χ2v) is 10.7. The Kier molecular flexibility index (Phi) is 4.87. The van der Waals surface area contributed by atoms with Crippen molar-refractivity contribution in [2.75, 3.05) is 0 Å². The number of hydrogen-bond donors (Lipinski definition) is 0. The van der Waals surface area contributed by atoms with Crippen molar-refractivity contribution in [1.29, 1.82) is 0 Å². The number of benzene rings is 5. The van der Waals surface area contributed by atoms with Crippen molar-refractivity contribution in [3.8, 4) is 22.6 Å². The molecule has 4 heteroatoms. The van der Waals surface area contributed by atoms with Gasteiger partial charge in [-0.3, -0.25) is 4.98 Å². The van der Waals surface area contributed by atoms with Crippen molar-refractivity contribution >= 4 is 54.5 Å². The van der Waals surface area contributed by atoms with Gasteiger partial charge in [0.2, 0.25) is 0 Å². The van der Waals surface area contributed by atoms with E-state index in [4.69, 9.17) is 4.98 Å². The smallest absolute Gasteiger partial charge is 0.0789 e. The summed E-state index contributed by atoms with van der Waals surface area (Å²) in [6.07, 6.45) is 3.74. The summed E-state index contributed by atoms with van der Waals surface area (Å²) in [7, 11) is 0. The van der Waals surface area contributed by atoms with Gasteiger partial charge >= 0.3 is 0 Å². The highest BCUT2D eigenvalue weighted by Gasteiger charge is 2.22. The first-order chi connectivity index (χ1) is 20.9. The zero-order chi connectivity index (χ0) is 27.6. The highest BCUT2D eigenvalue weighted by molar-refractivity contribution is 6.24. The lowest BCUT2D eigenvalue weighted by Crippen LogP contribution is -2.01. The normalized spacial score (nSPS) is 11.8. The van der Waals surface area contributed by atoms with Crippen LogP contribution in [0.3, 0.4) is 0 Å². The van der Waals surface area contributed by atoms with Crippen LogP contribution < -0.4 is 0 Å². The average molecular weight is 537 g/mol. The minimum absolute atomic E-state index is 0.956. The van der Waals surface area contributed by atoms with Crippen LogP contribution in [0.4, 0.5) is 0 Å². The maximum Gasteiger partial charge on any atom is 0.0789 e. The number of rotatable bonds is 3. The SMILES string of the molecule is c1ccc(-c2cc(-n3c4ccccc4c4ccc5c6ccccc6n(-c6ccncc6)c5c43)c3ccccc3n2)cc1. The molecule has 0 atom stereocenters. The quantitative estimate of drug-likeness (QED) is 0.225. The molecule has 196 valence electrons. The van der Waals surface area contributed by atoms with Crippen LogP contribution in [0.2, 0.25) is 0 Å². The average Bonchev–Trinajstić information content (AvgIpc) is 3.58. The lowest BCUT2D eigenvalue weighted by Gasteiger charge is -2.15. The molecule has 0 saturated carbocycles. The van der Waals surface area contributed by atoms with Gasteiger partial charge in [0, 0.05) is 50.6 Å². The van der Waals surface area contributed by atoms with Gasteiger partial charge in [0.15, 0.2) is 0 Å². The molecule has 4 heterocycles. The number of hydrogen-bond acceptors (Lipinski definition) is 2. The fraction of sp³-hybridized carbons (Fsp3) is 0. The van der Waals surface area contributed by atoms with Crippen LogP contribution in [-0.4, -0.2) is 19.1 Å². The molecule has 0 aliphatic carbocycles. The van der Waals surface area contributed by atoms with E-state index in [0.29, 0.717) is 0 Å². The first kappa shape index (κ1) is 23.0. The van der Waals surface area contributed by atoms with Gasteiger partial charge in [-0.05, 0) is 36.4 Å². The van der Waals surface area contributed by atoms with E-state index in [0.717, 1.165) is 33.5 Å². The fourth-order valence-corrected chi connectivity index (χ4v) is 6.61. The lowest BCUT2D eigenvalue weighted by atomic mass is 10.1. The van der Waals surface area contributed by atoms with E-state index in [2.05, 4.69) is 142 Å². The van der Waals surface area contributed by atoms with E-state index < -0.39 is 0 Å². The van der Waals surface area contributed by atoms with Gasteiger partial charge in [-0.2, -0.15) is 0 Å². The molecular weight excluding hydrogens is 512 g/mol. The molecule has 0 bridgehead atoms. The van der Waals surface area contributed by atoms with E-state index >= 15 is 0 Å². The molecule has 4 aromatic heterocycles. The van der Waals surface area contributed by atoms with Crippen LogP contribution in [0.5, 0.6) is 0 Å². The largest absolute Gasteiger partial charge is 0.307 e. The highest BCUT2D eigenvalue weighted by atomic mass is 15.0. The third kappa shape index (κ3) is 3.23. The Balaban J connectivity index is 1.53. The second kappa shape index (κ2) is 8.88. The maximum absolute atomic E-state index is 5.11. The number of nitrogens with zero attached hydrogens (tertiary/aromatic N) is 4. The molecule has 42 heavy (non-hydrogen) atoms. The van der Waals surface area contributed by atoms with Crippen LogP contribution in [0.1, 0.15) is 0 Å². The molecule has 4 nitrogen and oxygen atoms in total. The lowest BCUT2D eigenvalue weighted by molar-refractivity contribution is 1.14. The summed E-state index contributed by atoms with van der Waals surface area (Å²) in [4.78, 5) is 9.44. The molecule has 0 fully saturated rings. The van der Waals surface area contributed by atoms with Crippen molar-refractivity contribution in [1.82, 2.24) is 19.1 Å². The summed E-state index contributed by atoms with van der Waals surface area (Å²) in [6.45, 7) is 0. The van der Waals surface area contributed by atoms with Gasteiger partial charge < -0.3 is 9.13 Å². The van der Waals surface area contributed by atoms with Gasteiger partial charge in [-0.25, -0.2) is 4.98 Å². The first-order valence-corrected chi connectivity index (χ1v) is 14.2. The molecule has 0 spiro atoms. The predicted octanol–water partition coefficient (Wildman–Crippen LogP) is 9.49. The minimum atomic E-state index is 0.956. The number of fused-ring (bicyclic) bond motifs is 8. The third-order valence-electron chi connectivity index (χ3n) is 8.39. The summed E-state index contributed by atoms with van der Waals surface area (Å²) in [5.41, 5.74) is 9.93. The molecule has 0 N–H and O–H groups in total. The monoisotopic (exact) mass is 536 g/mol. The van der Waals surface area contributed by atoms with E-state index in [9.17, 15) is 0 Å². The highest BCUT2D eigenvalue weighted by Crippen LogP contribution is 2.42. The van der Waals surface area contributed by atoms with E-state index in [-0.39, 0.29) is 0 Å². The third-order valence-corrected chi connectivity index (χ3v) is 8.39. The summed E-state index contributed by atoms with van der Waals surface area (Å²) in [6, 6.07) is 47.4. The molecule has 5 aromatic carbocycles. The first-order valence-electron chi connectivity index (χ1n) is 14.2. The molecule has 0 amide bonds. The Morgan fingerprint density at radius 3 is 1.74 bits per heavy atom. The Morgan fingerprint density at radius 2 is 1.02 bits per heavy atom. The zero-order valence-electron chi connectivity index (χ0n) is 22.6. The van der Waals surface area contributed by atoms with E-state index in [1.165, 1.54) is 43.6 Å². The minimum Gasteiger partial charge on any atom is -0.307 e. The van der Waals surface area contributed by atoms with Crippen LogP contribution in [0, 0.1) is 0 Å². The van der Waals surface area contributed by atoms with Crippen LogP contribution in [0.15, 0.2) is 146 Å².